The average Bonchev–Trinajstić information content (AvgIpc) is 2.14. The van der Waals surface area contributed by atoms with Crippen molar-refractivity contribution in [3.05, 3.63) is 29.3 Å². The molecular formula is C12H19NO2S. The molecule has 0 aliphatic rings. The van der Waals surface area contributed by atoms with Crippen LogP contribution in [0, 0.1) is 6.92 Å². The zero-order valence-corrected chi connectivity index (χ0v) is 11.3. The molecule has 0 bridgehead atoms. The second-order valence-corrected chi connectivity index (χ2v) is 6.41. The molecule has 0 aliphatic heterocycles. The molecule has 0 saturated heterocycles. The van der Waals surface area contributed by atoms with Crippen LogP contribution in [0.25, 0.3) is 0 Å². The zero-order valence-electron chi connectivity index (χ0n) is 10.5. The van der Waals surface area contributed by atoms with Crippen LogP contribution >= 0.6 is 0 Å². The number of anilines is 1. The number of aryl methyl sites for hydroxylation is 1. The first-order valence-electron chi connectivity index (χ1n) is 5.28. The first-order valence-corrected chi connectivity index (χ1v) is 7.13. The lowest BCUT2D eigenvalue weighted by Crippen LogP contribution is -2.26. The highest BCUT2D eigenvalue weighted by Crippen LogP contribution is 2.31. The molecule has 1 aromatic carbocycles. The topological polar surface area (TPSA) is 37.4 Å². The van der Waals surface area contributed by atoms with Gasteiger partial charge in [-0.25, -0.2) is 8.42 Å². The maximum Gasteiger partial charge on any atom is 0.232 e. The van der Waals surface area contributed by atoms with Gasteiger partial charge in [0.15, 0.2) is 0 Å². The quantitative estimate of drug-likeness (QED) is 0.815. The SMILES string of the molecule is Cc1cccc(C(C)C)c1N(C)S(C)(=O)=O. The van der Waals surface area contributed by atoms with E-state index < -0.39 is 10.0 Å². The molecule has 3 nitrogen and oxygen atoms in total. The van der Waals surface area contributed by atoms with Crippen LogP contribution in [0.4, 0.5) is 5.69 Å². The molecule has 0 saturated carbocycles. The van der Waals surface area contributed by atoms with Gasteiger partial charge in [-0.1, -0.05) is 32.0 Å². The molecule has 4 heteroatoms. The van der Waals surface area contributed by atoms with Crippen LogP contribution in [0.2, 0.25) is 0 Å². The highest BCUT2D eigenvalue weighted by Gasteiger charge is 2.18. The Bertz CT molecular complexity index is 478. The van der Waals surface area contributed by atoms with Gasteiger partial charge in [-0.2, -0.15) is 0 Å². The van der Waals surface area contributed by atoms with Crippen LogP contribution in [0.1, 0.15) is 30.9 Å². The van der Waals surface area contributed by atoms with Gasteiger partial charge in [0.05, 0.1) is 11.9 Å². The van der Waals surface area contributed by atoms with Gasteiger partial charge in [-0.3, -0.25) is 4.31 Å². The Kier molecular flexibility index (Phi) is 3.63. The van der Waals surface area contributed by atoms with E-state index in [-0.39, 0.29) is 0 Å². The number of sulfonamides is 1. The number of benzene rings is 1. The molecule has 0 fully saturated rings. The Labute approximate surface area is 98.1 Å². The first kappa shape index (κ1) is 13.0. The van der Waals surface area contributed by atoms with Crippen LogP contribution in [0.15, 0.2) is 18.2 Å². The molecule has 0 amide bonds. The second kappa shape index (κ2) is 4.45. The summed E-state index contributed by atoms with van der Waals surface area (Å²) in [6.07, 6.45) is 1.23. The van der Waals surface area contributed by atoms with E-state index in [4.69, 9.17) is 0 Å². The molecule has 0 heterocycles. The van der Waals surface area contributed by atoms with Crippen molar-refractivity contribution in [1.82, 2.24) is 0 Å². The average molecular weight is 241 g/mol. The summed E-state index contributed by atoms with van der Waals surface area (Å²) in [5, 5.41) is 0. The zero-order chi connectivity index (χ0) is 12.5. The fourth-order valence-electron chi connectivity index (χ4n) is 1.74. The van der Waals surface area contributed by atoms with Gasteiger partial charge < -0.3 is 0 Å². The van der Waals surface area contributed by atoms with Gasteiger partial charge in [0, 0.05) is 7.05 Å². The van der Waals surface area contributed by atoms with E-state index in [9.17, 15) is 8.42 Å². The third-order valence-corrected chi connectivity index (χ3v) is 3.88. The molecule has 0 radical (unpaired) electrons. The van der Waals surface area contributed by atoms with E-state index in [1.807, 2.05) is 25.1 Å². The molecule has 90 valence electrons. The van der Waals surface area contributed by atoms with Crippen molar-refractivity contribution in [2.75, 3.05) is 17.6 Å². The Balaban J connectivity index is 3.42. The maximum absolute atomic E-state index is 11.6. The monoisotopic (exact) mass is 241 g/mol. The standard InChI is InChI=1S/C12H19NO2S/c1-9(2)11-8-6-7-10(3)12(11)13(4)16(5,14)15/h6-9H,1-5H3. The van der Waals surface area contributed by atoms with Gasteiger partial charge in [0.2, 0.25) is 10.0 Å². The predicted octanol–water partition coefficient (Wildman–Crippen LogP) is 2.51. The van der Waals surface area contributed by atoms with Crippen LogP contribution < -0.4 is 4.31 Å². The molecule has 0 unspecified atom stereocenters. The van der Waals surface area contributed by atoms with Crippen molar-refractivity contribution in [3.8, 4) is 0 Å². The molecule has 0 aliphatic carbocycles. The minimum absolute atomic E-state index is 0.305. The van der Waals surface area contributed by atoms with Crippen molar-refractivity contribution in [2.45, 2.75) is 26.7 Å². The van der Waals surface area contributed by atoms with Crippen molar-refractivity contribution in [2.24, 2.45) is 0 Å². The van der Waals surface area contributed by atoms with Gasteiger partial charge in [0.1, 0.15) is 0 Å². The first-order chi connectivity index (χ1) is 7.25. The van der Waals surface area contributed by atoms with Crippen LogP contribution in [-0.2, 0) is 10.0 Å². The van der Waals surface area contributed by atoms with Crippen LogP contribution in [0.3, 0.4) is 0 Å². The molecule has 1 rings (SSSR count). The molecule has 1 aromatic rings. The highest BCUT2D eigenvalue weighted by atomic mass is 32.2. The van der Waals surface area contributed by atoms with Crippen LogP contribution in [-0.4, -0.2) is 21.7 Å². The number of hydrogen-bond donors (Lipinski definition) is 0. The van der Waals surface area contributed by atoms with Crippen molar-refractivity contribution >= 4 is 15.7 Å². The van der Waals surface area contributed by atoms with Gasteiger partial charge in [0.25, 0.3) is 0 Å². The lowest BCUT2D eigenvalue weighted by molar-refractivity contribution is 0.600. The van der Waals surface area contributed by atoms with Gasteiger partial charge >= 0.3 is 0 Å². The fraction of sp³-hybridized carbons (Fsp3) is 0.500. The molecular weight excluding hydrogens is 222 g/mol. The minimum Gasteiger partial charge on any atom is -0.273 e. The summed E-state index contributed by atoms with van der Waals surface area (Å²) >= 11 is 0. The minimum atomic E-state index is -3.20. The Hall–Kier alpha value is -1.03. The molecule has 0 spiro atoms. The van der Waals surface area contributed by atoms with E-state index in [0.29, 0.717) is 5.92 Å². The smallest absolute Gasteiger partial charge is 0.232 e. The number of hydrogen-bond acceptors (Lipinski definition) is 2. The number of para-hydroxylation sites is 1. The van der Waals surface area contributed by atoms with E-state index in [1.165, 1.54) is 10.6 Å². The van der Waals surface area contributed by atoms with E-state index in [2.05, 4.69) is 13.8 Å². The van der Waals surface area contributed by atoms with Crippen molar-refractivity contribution in [3.63, 3.8) is 0 Å². The second-order valence-electron chi connectivity index (χ2n) is 4.40. The molecule has 0 atom stereocenters. The van der Waals surface area contributed by atoms with Crippen LogP contribution in [0.5, 0.6) is 0 Å². The van der Waals surface area contributed by atoms with E-state index in [1.54, 1.807) is 7.05 Å². The Morgan fingerprint density at radius 2 is 1.81 bits per heavy atom. The summed E-state index contributed by atoms with van der Waals surface area (Å²) in [6, 6.07) is 5.88. The Morgan fingerprint density at radius 3 is 2.25 bits per heavy atom. The normalized spacial score (nSPS) is 11.9. The summed E-state index contributed by atoms with van der Waals surface area (Å²) in [5.41, 5.74) is 2.85. The fourth-order valence-corrected chi connectivity index (χ4v) is 2.32. The largest absolute Gasteiger partial charge is 0.273 e. The highest BCUT2D eigenvalue weighted by molar-refractivity contribution is 7.92. The molecule has 0 N–H and O–H groups in total. The summed E-state index contributed by atoms with van der Waals surface area (Å²) in [6.45, 7) is 6.06. The summed E-state index contributed by atoms with van der Waals surface area (Å²) < 4.78 is 24.5. The lowest BCUT2D eigenvalue weighted by atomic mass is 9.98. The summed E-state index contributed by atoms with van der Waals surface area (Å²) in [5.74, 6) is 0.305. The maximum atomic E-state index is 11.6. The number of nitrogens with zero attached hydrogens (tertiary/aromatic N) is 1. The third-order valence-electron chi connectivity index (χ3n) is 2.70. The van der Waals surface area contributed by atoms with E-state index in [0.717, 1.165) is 16.8 Å². The van der Waals surface area contributed by atoms with Crippen molar-refractivity contribution in [1.29, 1.82) is 0 Å². The van der Waals surface area contributed by atoms with Crippen molar-refractivity contribution < 1.29 is 8.42 Å². The van der Waals surface area contributed by atoms with Gasteiger partial charge in [-0.15, -0.1) is 0 Å². The van der Waals surface area contributed by atoms with E-state index >= 15 is 0 Å². The lowest BCUT2D eigenvalue weighted by Gasteiger charge is -2.24. The third kappa shape index (κ3) is 2.55. The summed E-state index contributed by atoms with van der Waals surface area (Å²) in [4.78, 5) is 0. The molecule has 0 aromatic heterocycles. The Morgan fingerprint density at radius 1 is 1.25 bits per heavy atom. The number of rotatable bonds is 3. The molecule has 16 heavy (non-hydrogen) atoms. The predicted molar refractivity (Wildman–Crippen MR) is 68.5 cm³/mol. The van der Waals surface area contributed by atoms with Gasteiger partial charge in [-0.05, 0) is 24.0 Å². The summed E-state index contributed by atoms with van der Waals surface area (Å²) in [7, 11) is -1.60.